The van der Waals surface area contributed by atoms with Gasteiger partial charge in [0.25, 0.3) is 0 Å². The largest absolute Gasteiger partial charge is 0.299 e. The molecule has 0 saturated heterocycles. The summed E-state index contributed by atoms with van der Waals surface area (Å²) in [4.78, 5) is 14.8. The predicted octanol–water partition coefficient (Wildman–Crippen LogP) is 28.4. The number of rotatable bonds is 70. The Bertz CT molecular complexity index is 937. The number of carbonyl (C=O) groups excluding carboxylic acids is 1. The molecule has 2 atom stereocenters. The van der Waals surface area contributed by atoms with E-state index < -0.39 is 0 Å². The van der Waals surface area contributed by atoms with E-state index in [4.69, 9.17) is 0 Å². The molecule has 2 unspecified atom stereocenters. The maximum Gasteiger partial charge on any atom is 0.139 e. The van der Waals surface area contributed by atoms with Gasteiger partial charge in [0, 0.05) is 11.8 Å². The molecule has 0 fully saturated rings. The molecule has 1 heteroatoms. The molecule has 76 heavy (non-hydrogen) atoms. The summed E-state index contributed by atoms with van der Waals surface area (Å²) in [5.41, 5.74) is 0. The van der Waals surface area contributed by atoms with E-state index in [2.05, 4.69) is 27.7 Å². The Morgan fingerprint density at radius 1 is 0.158 bits per heavy atom. The van der Waals surface area contributed by atoms with Gasteiger partial charge in [-0.25, -0.2) is 0 Å². The van der Waals surface area contributed by atoms with Crippen LogP contribution >= 0.6 is 0 Å². The molecule has 0 aromatic carbocycles. The molecule has 0 amide bonds. The highest BCUT2D eigenvalue weighted by atomic mass is 16.1. The number of hydrogen-bond acceptors (Lipinski definition) is 1. The lowest BCUT2D eigenvalue weighted by Crippen LogP contribution is -2.24. The molecular formula is C75H150O. The second-order valence-corrected chi connectivity index (χ2v) is 26.2. The van der Waals surface area contributed by atoms with Crippen LogP contribution < -0.4 is 0 Å². The molecule has 0 aromatic heterocycles. The monoisotopic (exact) mass is 1070 g/mol. The van der Waals surface area contributed by atoms with Crippen LogP contribution in [0.25, 0.3) is 0 Å². The van der Waals surface area contributed by atoms with Gasteiger partial charge in [-0.3, -0.25) is 4.79 Å². The van der Waals surface area contributed by atoms with Gasteiger partial charge in [-0.1, -0.05) is 439 Å². The molecule has 0 saturated carbocycles. The Balaban J connectivity index is 4.96. The van der Waals surface area contributed by atoms with Gasteiger partial charge in [-0.05, 0) is 25.7 Å². The predicted molar refractivity (Wildman–Crippen MR) is 349 cm³/mol. The van der Waals surface area contributed by atoms with Crippen molar-refractivity contribution in [2.45, 2.75) is 464 Å². The van der Waals surface area contributed by atoms with Crippen molar-refractivity contribution in [1.82, 2.24) is 0 Å². The van der Waals surface area contributed by atoms with Crippen molar-refractivity contribution in [3.8, 4) is 0 Å². The van der Waals surface area contributed by atoms with E-state index in [-0.39, 0.29) is 0 Å². The first-order valence-corrected chi connectivity index (χ1v) is 37.2. The van der Waals surface area contributed by atoms with Crippen LogP contribution in [0, 0.1) is 11.8 Å². The minimum Gasteiger partial charge on any atom is -0.299 e. The Morgan fingerprint density at radius 3 is 0.355 bits per heavy atom. The van der Waals surface area contributed by atoms with Crippen molar-refractivity contribution in [1.29, 1.82) is 0 Å². The average molecular weight is 1070 g/mol. The van der Waals surface area contributed by atoms with Crippen molar-refractivity contribution in [2.75, 3.05) is 0 Å². The first-order valence-electron chi connectivity index (χ1n) is 37.2. The lowest BCUT2D eigenvalue weighted by atomic mass is 9.80. The van der Waals surface area contributed by atoms with Crippen LogP contribution in [-0.2, 0) is 4.79 Å². The highest BCUT2D eigenvalue weighted by Gasteiger charge is 2.26. The number of unbranched alkanes of at least 4 members (excludes halogenated alkanes) is 60. The van der Waals surface area contributed by atoms with E-state index in [0.29, 0.717) is 11.8 Å². The van der Waals surface area contributed by atoms with Gasteiger partial charge < -0.3 is 0 Å². The van der Waals surface area contributed by atoms with E-state index in [1.807, 2.05) is 0 Å². The normalized spacial score (nSPS) is 12.6. The van der Waals surface area contributed by atoms with Gasteiger partial charge in [0.2, 0.25) is 0 Å². The summed E-state index contributed by atoms with van der Waals surface area (Å²) in [5.74, 6) is 1.40. The maximum absolute atomic E-state index is 14.8. The second kappa shape index (κ2) is 68.9. The van der Waals surface area contributed by atoms with Gasteiger partial charge in [0.15, 0.2) is 0 Å². The fourth-order valence-corrected chi connectivity index (χ4v) is 12.9. The average Bonchev–Trinajstić information content (AvgIpc) is 3.43. The van der Waals surface area contributed by atoms with E-state index in [1.54, 1.807) is 0 Å². The van der Waals surface area contributed by atoms with E-state index in [1.165, 1.54) is 437 Å². The van der Waals surface area contributed by atoms with Gasteiger partial charge in [0.1, 0.15) is 5.78 Å². The Labute approximate surface area is 484 Å². The van der Waals surface area contributed by atoms with Crippen LogP contribution in [0.2, 0.25) is 0 Å². The molecule has 0 aliphatic heterocycles. The summed E-state index contributed by atoms with van der Waals surface area (Å²) >= 11 is 0. The van der Waals surface area contributed by atoms with Crippen LogP contribution in [0.15, 0.2) is 0 Å². The number of hydrogen-bond donors (Lipinski definition) is 0. The topological polar surface area (TPSA) is 17.1 Å². The van der Waals surface area contributed by atoms with E-state index >= 15 is 0 Å². The van der Waals surface area contributed by atoms with Crippen LogP contribution in [0.3, 0.4) is 0 Å². The summed E-state index contributed by atoms with van der Waals surface area (Å²) in [7, 11) is 0. The number of Topliss-reactive ketones (excluding diaryl/α,β-unsaturated/α-hetero) is 1. The minimum absolute atomic E-state index is 0.338. The van der Waals surface area contributed by atoms with Crippen molar-refractivity contribution in [3.05, 3.63) is 0 Å². The molecule has 0 aliphatic carbocycles. The van der Waals surface area contributed by atoms with Gasteiger partial charge >= 0.3 is 0 Å². The zero-order chi connectivity index (χ0) is 54.8. The Kier molecular flexibility index (Phi) is 68.6. The smallest absolute Gasteiger partial charge is 0.139 e. The van der Waals surface area contributed by atoms with Crippen LogP contribution in [0.4, 0.5) is 0 Å². The zero-order valence-corrected chi connectivity index (χ0v) is 54.1. The Hall–Kier alpha value is -0.330. The quantitative estimate of drug-likeness (QED) is 0.0555. The molecule has 0 aromatic rings. The first kappa shape index (κ1) is 75.7. The summed E-state index contributed by atoms with van der Waals surface area (Å²) in [6.07, 6.45) is 95.8. The third-order valence-corrected chi connectivity index (χ3v) is 18.4. The lowest BCUT2D eigenvalue weighted by molar-refractivity contribution is -0.128. The second-order valence-electron chi connectivity index (χ2n) is 26.2. The summed E-state index contributed by atoms with van der Waals surface area (Å²) in [5, 5.41) is 0. The SMILES string of the molecule is CCCCCCCCCCCCCCCCCCCCC(CCCCCCCCCCCCCCCC)C(=O)C(CCCCCCCCCCCCCCCC)CCCCCCCCCCCCCCCCCCCC. The Morgan fingerprint density at radius 2 is 0.250 bits per heavy atom. The molecular weight excluding hydrogens is 917 g/mol. The number of carbonyl (C=O) groups is 1. The van der Waals surface area contributed by atoms with Crippen molar-refractivity contribution in [2.24, 2.45) is 11.8 Å². The van der Waals surface area contributed by atoms with Gasteiger partial charge in [-0.15, -0.1) is 0 Å². The summed E-state index contributed by atoms with van der Waals surface area (Å²) in [6.45, 7) is 9.28. The highest BCUT2D eigenvalue weighted by molar-refractivity contribution is 5.83. The molecule has 0 heterocycles. The fourth-order valence-electron chi connectivity index (χ4n) is 12.9. The first-order chi connectivity index (χ1) is 37.7. The number of ketones is 1. The molecule has 456 valence electrons. The van der Waals surface area contributed by atoms with Crippen LogP contribution in [0.1, 0.15) is 464 Å². The van der Waals surface area contributed by atoms with Crippen molar-refractivity contribution in [3.63, 3.8) is 0 Å². The summed E-state index contributed by atoms with van der Waals surface area (Å²) in [6, 6.07) is 0. The highest BCUT2D eigenvalue weighted by Crippen LogP contribution is 2.30. The van der Waals surface area contributed by atoms with Crippen LogP contribution in [0.5, 0.6) is 0 Å². The lowest BCUT2D eigenvalue weighted by Gasteiger charge is -2.23. The van der Waals surface area contributed by atoms with Crippen molar-refractivity contribution < 1.29 is 4.79 Å². The third kappa shape index (κ3) is 61.3. The molecule has 0 rings (SSSR count). The van der Waals surface area contributed by atoms with Crippen LogP contribution in [-0.4, -0.2) is 5.78 Å². The maximum atomic E-state index is 14.8. The zero-order valence-electron chi connectivity index (χ0n) is 54.1. The summed E-state index contributed by atoms with van der Waals surface area (Å²) < 4.78 is 0. The molecule has 0 N–H and O–H groups in total. The standard InChI is InChI=1S/C75H150O/c1-5-9-13-17-21-25-29-33-37-39-41-43-47-51-55-59-63-67-71-73(69-65-61-57-53-49-45-35-31-27-23-19-15-11-7-3)75(76)74(70-66-62-58-54-50-46-36-32-28-24-20-16-12-8-4)72-68-64-60-56-52-48-44-42-40-38-34-30-26-22-18-14-10-6-2/h73-74H,5-72H2,1-4H3. The molecule has 0 radical (unpaired) electrons. The molecule has 0 spiro atoms. The third-order valence-electron chi connectivity index (χ3n) is 18.4. The van der Waals surface area contributed by atoms with Gasteiger partial charge in [-0.2, -0.15) is 0 Å². The van der Waals surface area contributed by atoms with E-state index in [9.17, 15) is 4.79 Å². The van der Waals surface area contributed by atoms with Crippen molar-refractivity contribution >= 4 is 5.78 Å². The minimum atomic E-state index is 0.338. The molecule has 0 bridgehead atoms. The molecule has 1 nitrogen and oxygen atoms in total. The molecule has 0 aliphatic rings. The van der Waals surface area contributed by atoms with E-state index in [0.717, 1.165) is 5.78 Å². The fraction of sp³-hybridized carbons (Fsp3) is 0.987. The van der Waals surface area contributed by atoms with Gasteiger partial charge in [0.05, 0.1) is 0 Å².